The van der Waals surface area contributed by atoms with E-state index < -0.39 is 10.9 Å². The standard InChI is InChI=1S/C13H11FN2O4/c1-19-11-5-4-9(7-10(11)16(17)18)8-20-12-3-2-6-15-13(12)14/h2-7H,8H2,1H3. The molecule has 1 heterocycles. The molecule has 0 bridgehead atoms. The average molecular weight is 278 g/mol. The predicted octanol–water partition coefficient (Wildman–Crippen LogP) is 2.72. The van der Waals surface area contributed by atoms with Crippen molar-refractivity contribution in [1.82, 2.24) is 4.98 Å². The lowest BCUT2D eigenvalue weighted by atomic mass is 10.2. The molecule has 0 saturated carbocycles. The van der Waals surface area contributed by atoms with Gasteiger partial charge in [0.1, 0.15) is 6.61 Å². The van der Waals surface area contributed by atoms with Crippen LogP contribution in [-0.4, -0.2) is 17.0 Å². The summed E-state index contributed by atoms with van der Waals surface area (Å²) in [6.07, 6.45) is 1.31. The van der Waals surface area contributed by atoms with Gasteiger partial charge in [-0.05, 0) is 23.8 Å². The zero-order valence-corrected chi connectivity index (χ0v) is 10.6. The third kappa shape index (κ3) is 3.00. The third-order valence-electron chi connectivity index (χ3n) is 2.56. The van der Waals surface area contributed by atoms with Crippen LogP contribution in [-0.2, 0) is 6.61 Å². The molecule has 20 heavy (non-hydrogen) atoms. The Bertz CT molecular complexity index is 634. The number of methoxy groups -OCH3 is 1. The van der Waals surface area contributed by atoms with Crippen molar-refractivity contribution in [3.8, 4) is 11.5 Å². The molecular formula is C13H11FN2O4. The summed E-state index contributed by atoms with van der Waals surface area (Å²) < 4.78 is 23.4. The van der Waals surface area contributed by atoms with Gasteiger partial charge in [-0.15, -0.1) is 0 Å². The molecule has 0 saturated heterocycles. The third-order valence-corrected chi connectivity index (χ3v) is 2.56. The molecule has 2 rings (SSSR count). The Balaban J connectivity index is 2.16. The molecule has 0 amide bonds. The van der Waals surface area contributed by atoms with Crippen LogP contribution in [0.25, 0.3) is 0 Å². The van der Waals surface area contributed by atoms with Crippen LogP contribution >= 0.6 is 0 Å². The number of hydrogen-bond donors (Lipinski definition) is 0. The van der Waals surface area contributed by atoms with Gasteiger partial charge in [0, 0.05) is 12.3 Å². The van der Waals surface area contributed by atoms with Crippen molar-refractivity contribution in [2.45, 2.75) is 6.61 Å². The van der Waals surface area contributed by atoms with Crippen LogP contribution in [0.4, 0.5) is 10.1 Å². The van der Waals surface area contributed by atoms with Gasteiger partial charge >= 0.3 is 5.69 Å². The van der Waals surface area contributed by atoms with Gasteiger partial charge in [-0.3, -0.25) is 10.1 Å². The molecule has 1 aromatic heterocycles. The number of rotatable bonds is 5. The van der Waals surface area contributed by atoms with Crippen molar-refractivity contribution >= 4 is 5.69 Å². The number of aromatic nitrogens is 1. The lowest BCUT2D eigenvalue weighted by Crippen LogP contribution is -2.00. The molecule has 1 aromatic carbocycles. The second-order valence-corrected chi connectivity index (χ2v) is 3.84. The fourth-order valence-electron chi connectivity index (χ4n) is 1.61. The Kier molecular flexibility index (Phi) is 4.09. The minimum Gasteiger partial charge on any atom is -0.490 e. The number of nitro groups is 1. The quantitative estimate of drug-likeness (QED) is 0.477. The molecule has 0 fully saturated rings. The molecule has 104 valence electrons. The summed E-state index contributed by atoms with van der Waals surface area (Å²) in [7, 11) is 1.35. The SMILES string of the molecule is COc1ccc(COc2cccnc2F)cc1[N+](=O)[O-]. The van der Waals surface area contributed by atoms with E-state index in [1.165, 1.54) is 37.6 Å². The molecule has 0 spiro atoms. The molecule has 7 heteroatoms. The minimum absolute atomic E-state index is 0.00650. The summed E-state index contributed by atoms with van der Waals surface area (Å²) in [4.78, 5) is 13.8. The smallest absolute Gasteiger partial charge is 0.311 e. The molecule has 0 atom stereocenters. The van der Waals surface area contributed by atoms with Gasteiger partial charge in [0.15, 0.2) is 11.5 Å². The molecule has 0 aliphatic heterocycles. The number of ether oxygens (including phenoxy) is 2. The molecule has 0 radical (unpaired) electrons. The second-order valence-electron chi connectivity index (χ2n) is 3.84. The van der Waals surface area contributed by atoms with E-state index in [1.54, 1.807) is 6.07 Å². The van der Waals surface area contributed by atoms with Crippen LogP contribution in [0.3, 0.4) is 0 Å². The molecule has 2 aromatic rings. The van der Waals surface area contributed by atoms with Gasteiger partial charge < -0.3 is 9.47 Å². The van der Waals surface area contributed by atoms with E-state index in [4.69, 9.17) is 9.47 Å². The molecular weight excluding hydrogens is 267 g/mol. The van der Waals surface area contributed by atoms with Gasteiger partial charge in [0.25, 0.3) is 5.95 Å². The Labute approximate surface area is 113 Å². The molecule has 0 aliphatic carbocycles. The highest BCUT2D eigenvalue weighted by Crippen LogP contribution is 2.28. The normalized spacial score (nSPS) is 10.1. The summed E-state index contributed by atoms with van der Waals surface area (Å²) in [6.45, 7) is -0.00650. The molecule has 0 N–H and O–H groups in total. The Morgan fingerprint density at radius 1 is 1.35 bits per heavy atom. The molecule has 6 nitrogen and oxygen atoms in total. The van der Waals surface area contributed by atoms with Crippen LogP contribution in [0, 0.1) is 16.1 Å². The minimum atomic E-state index is -0.726. The number of nitro benzene ring substituents is 1. The van der Waals surface area contributed by atoms with E-state index in [0.717, 1.165) is 0 Å². The van der Waals surface area contributed by atoms with E-state index in [2.05, 4.69) is 4.98 Å². The van der Waals surface area contributed by atoms with Crippen LogP contribution in [0.15, 0.2) is 36.5 Å². The lowest BCUT2D eigenvalue weighted by molar-refractivity contribution is -0.385. The average Bonchev–Trinajstić information content (AvgIpc) is 2.46. The van der Waals surface area contributed by atoms with E-state index in [1.807, 2.05) is 0 Å². The zero-order valence-electron chi connectivity index (χ0n) is 10.6. The first-order valence-corrected chi connectivity index (χ1v) is 5.66. The summed E-state index contributed by atoms with van der Waals surface area (Å²) in [5.74, 6) is -0.576. The molecule has 0 aliphatic rings. The summed E-state index contributed by atoms with van der Waals surface area (Å²) in [5.41, 5.74) is 0.362. The van der Waals surface area contributed by atoms with Crippen molar-refractivity contribution in [3.63, 3.8) is 0 Å². The van der Waals surface area contributed by atoms with Crippen LogP contribution in [0.2, 0.25) is 0 Å². The highest BCUT2D eigenvalue weighted by atomic mass is 19.1. The first-order valence-electron chi connectivity index (χ1n) is 5.66. The summed E-state index contributed by atoms with van der Waals surface area (Å²) in [6, 6.07) is 7.37. The second kappa shape index (κ2) is 5.96. The van der Waals surface area contributed by atoms with Gasteiger partial charge in [0.05, 0.1) is 12.0 Å². The highest BCUT2D eigenvalue weighted by Gasteiger charge is 2.15. The number of pyridine rings is 1. The van der Waals surface area contributed by atoms with Crippen molar-refractivity contribution in [2.24, 2.45) is 0 Å². The number of hydrogen-bond acceptors (Lipinski definition) is 5. The van der Waals surface area contributed by atoms with Crippen molar-refractivity contribution in [2.75, 3.05) is 7.11 Å². The summed E-state index contributed by atoms with van der Waals surface area (Å²) >= 11 is 0. The highest BCUT2D eigenvalue weighted by molar-refractivity contribution is 5.48. The van der Waals surface area contributed by atoms with Crippen LogP contribution < -0.4 is 9.47 Å². The van der Waals surface area contributed by atoms with Gasteiger partial charge in [0.2, 0.25) is 0 Å². The van der Waals surface area contributed by atoms with Crippen molar-refractivity contribution in [3.05, 3.63) is 58.2 Å². The van der Waals surface area contributed by atoms with E-state index in [0.29, 0.717) is 5.56 Å². The van der Waals surface area contributed by atoms with Gasteiger partial charge in [-0.2, -0.15) is 4.39 Å². The zero-order chi connectivity index (χ0) is 14.5. The number of halogens is 1. The Morgan fingerprint density at radius 3 is 2.80 bits per heavy atom. The monoisotopic (exact) mass is 278 g/mol. The van der Waals surface area contributed by atoms with E-state index in [9.17, 15) is 14.5 Å². The fraction of sp³-hybridized carbons (Fsp3) is 0.154. The first-order chi connectivity index (χ1) is 9.61. The van der Waals surface area contributed by atoms with Crippen molar-refractivity contribution in [1.29, 1.82) is 0 Å². The number of benzene rings is 1. The number of nitrogens with zero attached hydrogens (tertiary/aromatic N) is 2. The molecule has 0 unspecified atom stereocenters. The maximum Gasteiger partial charge on any atom is 0.311 e. The van der Waals surface area contributed by atoms with E-state index in [-0.39, 0.29) is 23.8 Å². The Morgan fingerprint density at radius 2 is 2.15 bits per heavy atom. The summed E-state index contributed by atoms with van der Waals surface area (Å²) in [5, 5.41) is 10.9. The largest absolute Gasteiger partial charge is 0.490 e. The first kappa shape index (κ1) is 13.7. The van der Waals surface area contributed by atoms with E-state index >= 15 is 0 Å². The maximum absolute atomic E-state index is 13.3. The van der Waals surface area contributed by atoms with Crippen LogP contribution in [0.1, 0.15) is 5.56 Å². The topological polar surface area (TPSA) is 74.5 Å². The maximum atomic E-state index is 13.3. The Hall–Kier alpha value is -2.70. The predicted molar refractivity (Wildman–Crippen MR) is 68.2 cm³/mol. The van der Waals surface area contributed by atoms with Gasteiger partial charge in [-0.25, -0.2) is 4.98 Å². The van der Waals surface area contributed by atoms with Gasteiger partial charge in [-0.1, -0.05) is 6.07 Å². The van der Waals surface area contributed by atoms with Crippen LogP contribution in [0.5, 0.6) is 11.5 Å². The lowest BCUT2D eigenvalue weighted by Gasteiger charge is -2.07. The van der Waals surface area contributed by atoms with Crippen molar-refractivity contribution < 1.29 is 18.8 Å². The fourth-order valence-corrected chi connectivity index (χ4v) is 1.61.